The van der Waals surface area contributed by atoms with Gasteiger partial charge in [-0.3, -0.25) is 4.79 Å². The summed E-state index contributed by atoms with van der Waals surface area (Å²) in [6.07, 6.45) is -0.814. The van der Waals surface area contributed by atoms with Gasteiger partial charge in [-0.05, 0) is 31.3 Å². The van der Waals surface area contributed by atoms with Crippen LogP contribution in [0.3, 0.4) is 0 Å². The van der Waals surface area contributed by atoms with Crippen LogP contribution >= 0.6 is 12.4 Å². The Kier molecular flexibility index (Phi) is 9.69. The lowest BCUT2D eigenvalue weighted by atomic mass is 10.1. The highest BCUT2D eigenvalue weighted by molar-refractivity contribution is 5.85. The fourth-order valence-electron chi connectivity index (χ4n) is 1.57. The molecule has 0 radical (unpaired) electrons. The zero-order chi connectivity index (χ0) is 15.0. The molecule has 0 saturated heterocycles. The second-order valence-corrected chi connectivity index (χ2v) is 4.62. The van der Waals surface area contributed by atoms with Crippen LogP contribution in [0.2, 0.25) is 0 Å². The van der Waals surface area contributed by atoms with E-state index in [4.69, 9.17) is 4.74 Å². The summed E-state index contributed by atoms with van der Waals surface area (Å²) in [5, 5.41) is 15.2. The van der Waals surface area contributed by atoms with Crippen LogP contribution in [0.15, 0.2) is 24.3 Å². The Hall–Kier alpha value is -1.37. The Labute approximate surface area is 130 Å². The number of halogens is 2. The quantitative estimate of drug-likeness (QED) is 0.667. The minimum absolute atomic E-state index is 0. The molecule has 1 rings (SSSR count). The lowest BCUT2D eigenvalue weighted by Crippen LogP contribution is -2.40. The van der Waals surface area contributed by atoms with Gasteiger partial charge in [-0.25, -0.2) is 4.39 Å². The molecule has 0 aliphatic rings. The van der Waals surface area contributed by atoms with Gasteiger partial charge in [0.1, 0.15) is 24.3 Å². The van der Waals surface area contributed by atoms with Gasteiger partial charge in [-0.2, -0.15) is 0 Å². The maximum Gasteiger partial charge on any atom is 0.224 e. The maximum atomic E-state index is 12.7. The smallest absolute Gasteiger partial charge is 0.224 e. The first-order chi connectivity index (χ1) is 9.52. The number of hydrogen-bond acceptors (Lipinski definition) is 4. The summed E-state index contributed by atoms with van der Waals surface area (Å²) in [5.41, 5.74) is 0. The Bertz CT molecular complexity index is 417. The van der Waals surface area contributed by atoms with E-state index in [0.29, 0.717) is 12.3 Å². The van der Waals surface area contributed by atoms with Gasteiger partial charge < -0.3 is 20.5 Å². The molecular weight excluding hydrogens is 299 g/mol. The van der Waals surface area contributed by atoms with E-state index in [2.05, 4.69) is 10.6 Å². The number of benzene rings is 1. The molecule has 3 N–H and O–H groups in total. The molecule has 7 heteroatoms. The van der Waals surface area contributed by atoms with Gasteiger partial charge in [0.05, 0.1) is 0 Å². The number of carbonyl (C=O) groups is 1. The second-order valence-electron chi connectivity index (χ2n) is 4.62. The number of rotatable bonds is 8. The van der Waals surface area contributed by atoms with Crippen molar-refractivity contribution in [1.29, 1.82) is 0 Å². The summed E-state index contributed by atoms with van der Waals surface area (Å²) in [6.45, 7) is 2.53. The van der Waals surface area contributed by atoms with Crippen molar-refractivity contribution in [3.05, 3.63) is 30.1 Å². The van der Waals surface area contributed by atoms with E-state index in [9.17, 15) is 14.3 Å². The van der Waals surface area contributed by atoms with E-state index < -0.39 is 6.10 Å². The summed E-state index contributed by atoms with van der Waals surface area (Å²) in [4.78, 5) is 11.6. The number of ether oxygens (including phenoxy) is 1. The fourth-order valence-corrected chi connectivity index (χ4v) is 1.57. The molecule has 1 aromatic rings. The average Bonchev–Trinajstić information content (AvgIpc) is 2.44. The van der Waals surface area contributed by atoms with Gasteiger partial charge in [-0.1, -0.05) is 6.92 Å². The van der Waals surface area contributed by atoms with Crippen molar-refractivity contribution in [2.75, 3.05) is 26.7 Å². The van der Waals surface area contributed by atoms with Gasteiger partial charge in [-0.15, -0.1) is 12.4 Å². The van der Waals surface area contributed by atoms with Gasteiger partial charge >= 0.3 is 0 Å². The van der Waals surface area contributed by atoms with E-state index in [1.54, 1.807) is 14.0 Å². The van der Waals surface area contributed by atoms with E-state index in [0.717, 1.165) is 0 Å². The molecule has 0 aliphatic heterocycles. The van der Waals surface area contributed by atoms with Crippen molar-refractivity contribution in [1.82, 2.24) is 10.6 Å². The number of carbonyl (C=O) groups excluding carboxylic acids is 1. The van der Waals surface area contributed by atoms with Crippen LogP contribution < -0.4 is 15.4 Å². The third-order valence-corrected chi connectivity index (χ3v) is 2.73. The largest absolute Gasteiger partial charge is 0.491 e. The first-order valence-corrected chi connectivity index (χ1v) is 6.51. The highest BCUT2D eigenvalue weighted by Crippen LogP contribution is 2.11. The first kappa shape index (κ1) is 19.6. The number of aliphatic hydroxyl groups excluding tert-OH is 1. The monoisotopic (exact) mass is 320 g/mol. The Morgan fingerprint density at radius 1 is 1.33 bits per heavy atom. The number of aliphatic hydroxyl groups is 1. The van der Waals surface area contributed by atoms with Gasteiger partial charge in [0, 0.05) is 19.0 Å². The summed E-state index contributed by atoms with van der Waals surface area (Å²) in [6, 6.07) is 5.52. The summed E-state index contributed by atoms with van der Waals surface area (Å²) < 4.78 is 18.0. The predicted octanol–water partition coefficient (Wildman–Crippen LogP) is 0.959. The van der Waals surface area contributed by atoms with Crippen molar-refractivity contribution in [3.63, 3.8) is 0 Å². The fraction of sp³-hybridized carbons (Fsp3) is 0.500. The third kappa shape index (κ3) is 7.84. The lowest BCUT2D eigenvalue weighted by Gasteiger charge is -2.15. The maximum absolute atomic E-state index is 12.7. The van der Waals surface area contributed by atoms with Crippen LogP contribution in [0.4, 0.5) is 4.39 Å². The first-order valence-electron chi connectivity index (χ1n) is 6.51. The molecule has 5 nitrogen and oxygen atoms in total. The molecule has 2 unspecified atom stereocenters. The van der Waals surface area contributed by atoms with Crippen molar-refractivity contribution in [2.24, 2.45) is 5.92 Å². The Morgan fingerprint density at radius 2 is 1.95 bits per heavy atom. The lowest BCUT2D eigenvalue weighted by molar-refractivity contribution is -0.124. The Morgan fingerprint density at radius 3 is 2.52 bits per heavy atom. The molecule has 0 heterocycles. The molecule has 0 saturated carbocycles. The van der Waals surface area contributed by atoms with E-state index >= 15 is 0 Å². The van der Waals surface area contributed by atoms with Crippen LogP contribution in [-0.4, -0.2) is 43.9 Å². The molecule has 0 spiro atoms. The average molecular weight is 321 g/mol. The molecule has 2 atom stereocenters. The van der Waals surface area contributed by atoms with Gasteiger partial charge in [0.2, 0.25) is 5.91 Å². The Balaban J connectivity index is 0.00000400. The van der Waals surface area contributed by atoms with Crippen LogP contribution in [-0.2, 0) is 4.79 Å². The molecule has 0 bridgehead atoms. The zero-order valence-electron chi connectivity index (χ0n) is 12.1. The molecule has 120 valence electrons. The van der Waals surface area contributed by atoms with Crippen LogP contribution in [0.5, 0.6) is 5.75 Å². The summed E-state index contributed by atoms with van der Waals surface area (Å²) in [5.74, 6) is -0.158. The second kappa shape index (κ2) is 10.4. The number of hydrogen-bond donors (Lipinski definition) is 3. The highest BCUT2D eigenvalue weighted by atomic mass is 35.5. The van der Waals surface area contributed by atoms with Gasteiger partial charge in [0.15, 0.2) is 0 Å². The molecule has 0 aromatic heterocycles. The van der Waals surface area contributed by atoms with Crippen LogP contribution in [0.1, 0.15) is 6.92 Å². The third-order valence-electron chi connectivity index (χ3n) is 2.73. The van der Waals surface area contributed by atoms with Gasteiger partial charge in [0.25, 0.3) is 0 Å². The minimum atomic E-state index is -0.814. The van der Waals surface area contributed by atoms with E-state index in [1.807, 2.05) is 0 Å². The number of nitrogens with one attached hydrogen (secondary N) is 2. The summed E-state index contributed by atoms with van der Waals surface area (Å²) in [7, 11) is 1.77. The standard InChI is InChI=1S/C14H21FN2O3.ClH/c1-10(7-16-2)14(19)17-8-12(18)9-20-13-5-3-11(15)4-6-13;/h3-6,10,12,16,18H,7-9H2,1-2H3,(H,17,19);1H. The van der Waals surface area contributed by atoms with Crippen LogP contribution in [0.25, 0.3) is 0 Å². The SMILES string of the molecule is CNCC(C)C(=O)NCC(O)COc1ccc(F)cc1.Cl. The predicted molar refractivity (Wildman–Crippen MR) is 81.3 cm³/mol. The van der Waals surface area contributed by atoms with Crippen LogP contribution in [0, 0.1) is 11.7 Å². The minimum Gasteiger partial charge on any atom is -0.491 e. The summed E-state index contributed by atoms with van der Waals surface area (Å²) >= 11 is 0. The van der Waals surface area contributed by atoms with E-state index in [1.165, 1.54) is 24.3 Å². The van der Waals surface area contributed by atoms with Crippen molar-refractivity contribution >= 4 is 18.3 Å². The molecule has 21 heavy (non-hydrogen) atoms. The molecular formula is C14H22ClFN2O3. The molecule has 1 amide bonds. The zero-order valence-corrected chi connectivity index (χ0v) is 13.0. The van der Waals surface area contributed by atoms with Crippen molar-refractivity contribution < 1.29 is 19.0 Å². The molecule has 0 fully saturated rings. The van der Waals surface area contributed by atoms with E-state index in [-0.39, 0.29) is 43.2 Å². The molecule has 1 aromatic carbocycles. The highest BCUT2D eigenvalue weighted by Gasteiger charge is 2.13. The topological polar surface area (TPSA) is 70.6 Å². The normalized spacial score (nSPS) is 13.0. The molecule has 0 aliphatic carbocycles. The van der Waals surface area contributed by atoms with Crippen molar-refractivity contribution in [3.8, 4) is 5.75 Å². The van der Waals surface area contributed by atoms with Crippen molar-refractivity contribution in [2.45, 2.75) is 13.0 Å². The number of amides is 1.